The van der Waals surface area contributed by atoms with Gasteiger partial charge < -0.3 is 9.84 Å². The molecule has 0 saturated heterocycles. The molecule has 0 aliphatic heterocycles. The fourth-order valence-corrected chi connectivity index (χ4v) is 1.64. The maximum atomic E-state index is 11.1. The summed E-state index contributed by atoms with van der Waals surface area (Å²) >= 11 is 0. The fraction of sp³-hybridized carbons (Fsp3) is 0.364. The molecule has 0 spiro atoms. The molecule has 92 valence electrons. The summed E-state index contributed by atoms with van der Waals surface area (Å²) in [5, 5.41) is 19.7. The minimum absolute atomic E-state index is 0.138. The van der Waals surface area contributed by atoms with Crippen LogP contribution in [0.2, 0.25) is 0 Å². The summed E-state index contributed by atoms with van der Waals surface area (Å²) in [6.07, 6.45) is 0.340. The zero-order chi connectivity index (χ0) is 13.0. The van der Waals surface area contributed by atoms with Gasteiger partial charge in [0.05, 0.1) is 18.0 Å². The van der Waals surface area contributed by atoms with E-state index in [1.54, 1.807) is 6.92 Å². The van der Waals surface area contributed by atoms with Crippen LogP contribution in [0.15, 0.2) is 18.2 Å². The molecule has 17 heavy (non-hydrogen) atoms. The number of nitro benzene ring substituents is 1. The molecule has 1 unspecified atom stereocenters. The number of rotatable bonds is 5. The second-order valence-electron chi connectivity index (χ2n) is 3.48. The number of nitrogens with zero attached hydrogens (tertiary/aromatic N) is 1. The maximum absolute atomic E-state index is 11.1. The molecule has 0 aliphatic rings. The van der Waals surface area contributed by atoms with Crippen molar-refractivity contribution in [1.82, 2.24) is 0 Å². The molecule has 0 amide bonds. The first-order chi connectivity index (χ1) is 8.01. The molecular weight excluding hydrogens is 226 g/mol. The maximum Gasteiger partial charge on any atom is 0.311 e. The number of aliphatic carboxylic acids is 1. The number of carboxylic acids is 1. The highest BCUT2D eigenvalue weighted by Crippen LogP contribution is 2.32. The van der Waals surface area contributed by atoms with Gasteiger partial charge in [-0.3, -0.25) is 14.9 Å². The number of carboxylic acid groups (broad SMARTS) is 1. The van der Waals surface area contributed by atoms with E-state index >= 15 is 0 Å². The summed E-state index contributed by atoms with van der Waals surface area (Å²) in [4.78, 5) is 21.1. The number of hydrogen-bond acceptors (Lipinski definition) is 4. The summed E-state index contributed by atoms with van der Waals surface area (Å²) in [6.45, 7) is 1.71. The Labute approximate surface area is 98.0 Å². The van der Waals surface area contributed by atoms with Gasteiger partial charge in [0.15, 0.2) is 0 Å². The van der Waals surface area contributed by atoms with Crippen molar-refractivity contribution in [2.75, 3.05) is 7.11 Å². The second-order valence-corrected chi connectivity index (χ2v) is 3.48. The molecule has 1 rings (SSSR count). The van der Waals surface area contributed by atoms with Gasteiger partial charge in [0.2, 0.25) is 0 Å². The third-order valence-electron chi connectivity index (χ3n) is 2.51. The smallest absolute Gasteiger partial charge is 0.311 e. The fourth-order valence-electron chi connectivity index (χ4n) is 1.64. The molecule has 1 aromatic rings. The largest absolute Gasteiger partial charge is 0.496 e. The predicted molar refractivity (Wildman–Crippen MR) is 60.3 cm³/mol. The second kappa shape index (κ2) is 5.29. The van der Waals surface area contributed by atoms with E-state index in [1.165, 1.54) is 25.3 Å². The van der Waals surface area contributed by atoms with E-state index in [2.05, 4.69) is 0 Å². The van der Waals surface area contributed by atoms with Gasteiger partial charge >= 0.3 is 5.97 Å². The minimum atomic E-state index is -1.02. The van der Waals surface area contributed by atoms with E-state index in [0.717, 1.165) is 0 Å². The number of benzene rings is 1. The van der Waals surface area contributed by atoms with Crippen molar-refractivity contribution in [3.63, 3.8) is 0 Å². The van der Waals surface area contributed by atoms with E-state index in [4.69, 9.17) is 9.84 Å². The molecule has 0 heterocycles. The third-order valence-corrected chi connectivity index (χ3v) is 2.51. The molecule has 6 nitrogen and oxygen atoms in total. The lowest BCUT2D eigenvalue weighted by Crippen LogP contribution is -2.12. The number of ether oxygens (including phenoxy) is 1. The first-order valence-electron chi connectivity index (χ1n) is 5.06. The van der Waals surface area contributed by atoms with Gasteiger partial charge in [0.1, 0.15) is 5.75 Å². The standard InChI is InChI=1S/C11H13NO5/c1-3-8(11(13)14)9-6-7(12(15)16)4-5-10(9)17-2/h4-6,8H,3H2,1-2H3,(H,13,14). The molecule has 0 saturated carbocycles. The van der Waals surface area contributed by atoms with Crippen molar-refractivity contribution in [3.8, 4) is 5.75 Å². The van der Waals surface area contributed by atoms with Crippen molar-refractivity contribution in [3.05, 3.63) is 33.9 Å². The Hall–Kier alpha value is -2.11. The van der Waals surface area contributed by atoms with E-state index < -0.39 is 16.8 Å². The highest BCUT2D eigenvalue weighted by molar-refractivity contribution is 5.77. The predicted octanol–water partition coefficient (Wildman–Crippen LogP) is 2.18. The number of carbonyl (C=O) groups is 1. The van der Waals surface area contributed by atoms with Crippen molar-refractivity contribution in [2.45, 2.75) is 19.3 Å². The van der Waals surface area contributed by atoms with Crippen LogP contribution >= 0.6 is 0 Å². The lowest BCUT2D eigenvalue weighted by atomic mass is 9.95. The van der Waals surface area contributed by atoms with Crippen molar-refractivity contribution < 1.29 is 19.6 Å². The Morgan fingerprint density at radius 1 is 1.59 bits per heavy atom. The van der Waals surface area contributed by atoms with Crippen LogP contribution in [0.5, 0.6) is 5.75 Å². The minimum Gasteiger partial charge on any atom is -0.496 e. The average Bonchev–Trinajstić information content (AvgIpc) is 2.29. The van der Waals surface area contributed by atoms with Crippen LogP contribution in [0.25, 0.3) is 0 Å². The summed E-state index contributed by atoms with van der Waals surface area (Å²) in [6, 6.07) is 3.96. The van der Waals surface area contributed by atoms with Crippen LogP contribution < -0.4 is 4.74 Å². The van der Waals surface area contributed by atoms with Gasteiger partial charge in [-0.05, 0) is 12.5 Å². The van der Waals surface area contributed by atoms with Crippen molar-refractivity contribution in [1.29, 1.82) is 0 Å². The van der Waals surface area contributed by atoms with E-state index in [0.29, 0.717) is 17.7 Å². The molecule has 0 aliphatic carbocycles. The molecule has 1 N–H and O–H groups in total. The molecule has 0 bridgehead atoms. The molecule has 0 aromatic heterocycles. The van der Waals surface area contributed by atoms with Crippen LogP contribution in [0.1, 0.15) is 24.8 Å². The Morgan fingerprint density at radius 3 is 2.65 bits per heavy atom. The SMILES string of the molecule is CCC(C(=O)O)c1cc([N+](=O)[O-])ccc1OC. The summed E-state index contributed by atoms with van der Waals surface area (Å²) in [5.74, 6) is -1.47. The first-order valence-corrected chi connectivity index (χ1v) is 5.06. The van der Waals surface area contributed by atoms with Gasteiger partial charge in [-0.25, -0.2) is 0 Å². The Kier molecular flexibility index (Phi) is 4.03. The first kappa shape index (κ1) is 13.0. The Morgan fingerprint density at radius 2 is 2.24 bits per heavy atom. The van der Waals surface area contributed by atoms with Crippen LogP contribution in [0.4, 0.5) is 5.69 Å². The van der Waals surface area contributed by atoms with Gasteiger partial charge in [-0.2, -0.15) is 0 Å². The van der Waals surface area contributed by atoms with Gasteiger partial charge in [0, 0.05) is 17.7 Å². The quantitative estimate of drug-likeness (QED) is 0.628. The summed E-state index contributed by atoms with van der Waals surface area (Å²) in [7, 11) is 1.40. The molecule has 6 heteroatoms. The van der Waals surface area contributed by atoms with Crippen molar-refractivity contribution in [2.24, 2.45) is 0 Å². The topological polar surface area (TPSA) is 89.7 Å². The molecule has 0 radical (unpaired) electrons. The molecule has 0 fully saturated rings. The van der Waals surface area contributed by atoms with Crippen LogP contribution in [-0.4, -0.2) is 23.1 Å². The normalized spacial score (nSPS) is 11.9. The van der Waals surface area contributed by atoms with E-state index in [-0.39, 0.29) is 5.69 Å². The summed E-state index contributed by atoms with van der Waals surface area (Å²) < 4.78 is 5.03. The zero-order valence-corrected chi connectivity index (χ0v) is 9.54. The highest BCUT2D eigenvalue weighted by atomic mass is 16.6. The van der Waals surface area contributed by atoms with Crippen LogP contribution in [0.3, 0.4) is 0 Å². The number of methoxy groups -OCH3 is 1. The van der Waals surface area contributed by atoms with Gasteiger partial charge in [-0.1, -0.05) is 6.92 Å². The zero-order valence-electron chi connectivity index (χ0n) is 9.54. The van der Waals surface area contributed by atoms with Gasteiger partial charge in [0.25, 0.3) is 5.69 Å². The molecular formula is C11H13NO5. The van der Waals surface area contributed by atoms with Crippen LogP contribution in [0, 0.1) is 10.1 Å². The average molecular weight is 239 g/mol. The summed E-state index contributed by atoms with van der Waals surface area (Å²) in [5.41, 5.74) is 0.192. The Balaban J connectivity index is 3.31. The highest BCUT2D eigenvalue weighted by Gasteiger charge is 2.23. The number of hydrogen-bond donors (Lipinski definition) is 1. The van der Waals surface area contributed by atoms with E-state index in [1.807, 2.05) is 0 Å². The van der Waals surface area contributed by atoms with E-state index in [9.17, 15) is 14.9 Å². The number of nitro groups is 1. The van der Waals surface area contributed by atoms with Crippen molar-refractivity contribution >= 4 is 11.7 Å². The lowest BCUT2D eigenvalue weighted by molar-refractivity contribution is -0.384. The Bertz CT molecular complexity index is 443. The van der Waals surface area contributed by atoms with Gasteiger partial charge in [-0.15, -0.1) is 0 Å². The third kappa shape index (κ3) is 2.72. The monoisotopic (exact) mass is 239 g/mol. The molecule has 1 aromatic carbocycles. The van der Waals surface area contributed by atoms with Crippen LogP contribution in [-0.2, 0) is 4.79 Å². The lowest BCUT2D eigenvalue weighted by Gasteiger charge is -2.13. The molecule has 1 atom stereocenters. The number of non-ortho nitro benzene ring substituents is 1.